The number of amides is 1. The van der Waals surface area contributed by atoms with Crippen molar-refractivity contribution < 1.29 is 14.3 Å². The molecule has 2 aromatic carbocycles. The molecule has 0 aliphatic rings. The zero-order chi connectivity index (χ0) is 20.1. The van der Waals surface area contributed by atoms with E-state index in [9.17, 15) is 9.59 Å². The molecule has 142 valence electrons. The summed E-state index contributed by atoms with van der Waals surface area (Å²) in [6.45, 7) is 1.49. The molecule has 8 heteroatoms. The number of nitrogens with zero attached hydrogens (tertiary/aromatic N) is 2. The van der Waals surface area contributed by atoms with Crippen LogP contribution in [0, 0.1) is 0 Å². The highest BCUT2D eigenvalue weighted by Crippen LogP contribution is 2.28. The van der Waals surface area contributed by atoms with Crippen molar-refractivity contribution in [2.45, 2.75) is 6.92 Å². The minimum Gasteiger partial charge on any atom is -0.495 e. The van der Waals surface area contributed by atoms with Gasteiger partial charge in [-0.2, -0.15) is 0 Å². The predicted octanol–water partition coefficient (Wildman–Crippen LogP) is 4.34. The zero-order valence-electron chi connectivity index (χ0n) is 15.2. The number of ether oxygens (including phenoxy) is 1. The van der Waals surface area contributed by atoms with Crippen LogP contribution in [0.5, 0.6) is 5.75 Å². The number of benzene rings is 2. The number of halogens is 1. The maximum absolute atomic E-state index is 12.4. The third kappa shape index (κ3) is 4.63. The Morgan fingerprint density at radius 3 is 2.36 bits per heavy atom. The molecule has 3 aromatic rings. The molecule has 1 heterocycles. The maximum Gasteiger partial charge on any atom is 0.274 e. The molecule has 0 bridgehead atoms. The van der Waals surface area contributed by atoms with E-state index in [0.29, 0.717) is 33.5 Å². The highest BCUT2D eigenvalue weighted by molar-refractivity contribution is 6.32. The minimum atomic E-state index is -0.395. The van der Waals surface area contributed by atoms with Crippen LogP contribution in [0.1, 0.15) is 27.8 Å². The van der Waals surface area contributed by atoms with Crippen LogP contribution in [0.3, 0.4) is 0 Å². The highest BCUT2D eigenvalue weighted by atomic mass is 35.5. The van der Waals surface area contributed by atoms with E-state index in [2.05, 4.69) is 20.6 Å². The Morgan fingerprint density at radius 2 is 1.71 bits per heavy atom. The average Bonchev–Trinajstić information content (AvgIpc) is 2.69. The van der Waals surface area contributed by atoms with Crippen LogP contribution in [0.15, 0.2) is 54.9 Å². The van der Waals surface area contributed by atoms with Crippen molar-refractivity contribution >= 4 is 40.5 Å². The third-order valence-electron chi connectivity index (χ3n) is 3.87. The van der Waals surface area contributed by atoms with Gasteiger partial charge in [0, 0.05) is 23.0 Å². The molecule has 1 amide bonds. The predicted molar refractivity (Wildman–Crippen MR) is 108 cm³/mol. The van der Waals surface area contributed by atoms with Crippen LogP contribution < -0.4 is 15.4 Å². The molecule has 0 aliphatic carbocycles. The lowest BCUT2D eigenvalue weighted by atomic mass is 10.1. The van der Waals surface area contributed by atoms with Crippen molar-refractivity contribution in [1.82, 2.24) is 9.97 Å². The summed E-state index contributed by atoms with van der Waals surface area (Å²) < 4.78 is 5.12. The van der Waals surface area contributed by atoms with E-state index in [1.165, 1.54) is 26.4 Å². The Bertz CT molecular complexity index is 1020. The molecule has 0 spiro atoms. The molecule has 7 nitrogen and oxygen atoms in total. The van der Waals surface area contributed by atoms with Crippen molar-refractivity contribution in [1.29, 1.82) is 0 Å². The molecule has 0 saturated carbocycles. The molecule has 0 saturated heterocycles. The third-order valence-corrected chi connectivity index (χ3v) is 4.17. The summed E-state index contributed by atoms with van der Waals surface area (Å²) in [6.07, 6.45) is 1.29. The summed E-state index contributed by atoms with van der Waals surface area (Å²) in [5, 5.41) is 6.25. The van der Waals surface area contributed by atoms with Gasteiger partial charge in [0.2, 0.25) is 0 Å². The number of hydrogen-bond donors (Lipinski definition) is 2. The van der Waals surface area contributed by atoms with Gasteiger partial charge in [-0.3, -0.25) is 9.59 Å². The molecule has 3 rings (SSSR count). The molecule has 0 atom stereocenters. The first kappa shape index (κ1) is 19.3. The summed E-state index contributed by atoms with van der Waals surface area (Å²) in [4.78, 5) is 31.9. The van der Waals surface area contributed by atoms with Gasteiger partial charge >= 0.3 is 0 Å². The van der Waals surface area contributed by atoms with Gasteiger partial charge in [-0.1, -0.05) is 11.6 Å². The Balaban J connectivity index is 1.72. The summed E-state index contributed by atoms with van der Waals surface area (Å²) in [5.74, 6) is 0.566. The van der Waals surface area contributed by atoms with Crippen LogP contribution in [0.4, 0.5) is 17.2 Å². The minimum absolute atomic E-state index is 0.0389. The van der Waals surface area contributed by atoms with E-state index < -0.39 is 5.91 Å². The standard InChI is InChI=1S/C20H17ClN4O3/c1-12(26)13-3-5-14(6-4-13)25-20(27)17-10-19(23-11-22-17)24-15-7-8-18(28-2)16(21)9-15/h3-11H,1-2H3,(H,25,27)(H,22,23,24). The first-order chi connectivity index (χ1) is 13.5. The Morgan fingerprint density at radius 1 is 1.00 bits per heavy atom. The van der Waals surface area contributed by atoms with E-state index in [-0.39, 0.29) is 11.5 Å². The smallest absolute Gasteiger partial charge is 0.274 e. The topological polar surface area (TPSA) is 93.2 Å². The molecule has 0 aliphatic heterocycles. The number of hydrogen-bond acceptors (Lipinski definition) is 6. The Hall–Kier alpha value is -3.45. The van der Waals surface area contributed by atoms with Gasteiger partial charge in [-0.05, 0) is 49.4 Å². The summed E-state index contributed by atoms with van der Waals surface area (Å²) in [6, 6.07) is 13.4. The number of methoxy groups -OCH3 is 1. The van der Waals surface area contributed by atoms with Gasteiger partial charge in [0.25, 0.3) is 5.91 Å². The average molecular weight is 397 g/mol. The molecular weight excluding hydrogens is 380 g/mol. The number of carbonyl (C=O) groups excluding carboxylic acids is 2. The SMILES string of the molecule is COc1ccc(Nc2cc(C(=O)Nc3ccc(C(C)=O)cc3)ncn2)cc1Cl. The van der Waals surface area contributed by atoms with Gasteiger partial charge in [0.1, 0.15) is 23.6 Å². The van der Waals surface area contributed by atoms with Crippen molar-refractivity contribution in [3.05, 3.63) is 71.1 Å². The van der Waals surface area contributed by atoms with Crippen molar-refractivity contribution in [2.75, 3.05) is 17.7 Å². The number of aromatic nitrogens is 2. The molecule has 1 aromatic heterocycles. The molecule has 2 N–H and O–H groups in total. The highest BCUT2D eigenvalue weighted by Gasteiger charge is 2.10. The van der Waals surface area contributed by atoms with Crippen LogP contribution in [-0.2, 0) is 0 Å². The molecule has 28 heavy (non-hydrogen) atoms. The monoisotopic (exact) mass is 396 g/mol. The lowest BCUT2D eigenvalue weighted by molar-refractivity contribution is 0.101. The van der Waals surface area contributed by atoms with Crippen LogP contribution in [0.2, 0.25) is 5.02 Å². The van der Waals surface area contributed by atoms with E-state index in [4.69, 9.17) is 16.3 Å². The fourth-order valence-corrected chi connectivity index (χ4v) is 2.68. The molecule has 0 fully saturated rings. The number of ketones is 1. The van der Waals surface area contributed by atoms with Gasteiger partial charge < -0.3 is 15.4 Å². The van der Waals surface area contributed by atoms with E-state index in [1.807, 2.05) is 0 Å². The zero-order valence-corrected chi connectivity index (χ0v) is 15.9. The second-order valence-corrected chi connectivity index (χ2v) is 6.26. The summed E-state index contributed by atoms with van der Waals surface area (Å²) >= 11 is 6.12. The maximum atomic E-state index is 12.4. The first-order valence-electron chi connectivity index (χ1n) is 8.31. The lowest BCUT2D eigenvalue weighted by Crippen LogP contribution is -2.14. The van der Waals surface area contributed by atoms with Gasteiger partial charge in [-0.15, -0.1) is 0 Å². The van der Waals surface area contributed by atoms with Crippen molar-refractivity contribution in [3.8, 4) is 5.75 Å². The van der Waals surface area contributed by atoms with Gasteiger partial charge in [-0.25, -0.2) is 9.97 Å². The van der Waals surface area contributed by atoms with Crippen molar-refractivity contribution in [3.63, 3.8) is 0 Å². The lowest BCUT2D eigenvalue weighted by Gasteiger charge is -2.09. The Labute approximate surface area is 166 Å². The number of nitrogens with one attached hydrogen (secondary N) is 2. The normalized spacial score (nSPS) is 10.2. The summed E-state index contributed by atoms with van der Waals surface area (Å²) in [7, 11) is 1.54. The molecule has 0 radical (unpaired) electrons. The van der Waals surface area contributed by atoms with Crippen LogP contribution in [-0.4, -0.2) is 28.8 Å². The van der Waals surface area contributed by atoms with Gasteiger partial charge in [0.05, 0.1) is 12.1 Å². The Kier molecular flexibility index (Phi) is 5.86. The fourth-order valence-electron chi connectivity index (χ4n) is 2.43. The first-order valence-corrected chi connectivity index (χ1v) is 8.69. The van der Waals surface area contributed by atoms with E-state index in [1.54, 1.807) is 42.5 Å². The second kappa shape index (κ2) is 8.49. The molecule has 0 unspecified atom stereocenters. The number of carbonyl (C=O) groups is 2. The number of Topliss-reactive ketones (excluding diaryl/α,β-unsaturated/α-hetero) is 1. The van der Waals surface area contributed by atoms with E-state index >= 15 is 0 Å². The van der Waals surface area contributed by atoms with Gasteiger partial charge in [0.15, 0.2) is 5.78 Å². The van der Waals surface area contributed by atoms with Crippen molar-refractivity contribution in [2.24, 2.45) is 0 Å². The number of rotatable bonds is 6. The molecular formula is C20H17ClN4O3. The fraction of sp³-hybridized carbons (Fsp3) is 0.100. The second-order valence-electron chi connectivity index (χ2n) is 5.85. The summed E-state index contributed by atoms with van der Waals surface area (Å²) in [5.41, 5.74) is 2.01. The van der Waals surface area contributed by atoms with Crippen LogP contribution in [0.25, 0.3) is 0 Å². The number of anilines is 3. The van der Waals surface area contributed by atoms with Crippen LogP contribution >= 0.6 is 11.6 Å². The largest absolute Gasteiger partial charge is 0.495 e. The quantitative estimate of drug-likeness (QED) is 0.602. The van der Waals surface area contributed by atoms with E-state index in [0.717, 1.165) is 0 Å².